The van der Waals surface area contributed by atoms with Crippen LogP contribution in [0, 0.1) is 23.1 Å². The zero-order valence-corrected chi connectivity index (χ0v) is 24.6. The maximum Gasteiger partial charge on any atom is 0.167 e. The van der Waals surface area contributed by atoms with Crippen molar-refractivity contribution in [3.8, 4) is 17.3 Å². The number of ether oxygens (including phenoxy) is 1. The zero-order valence-electron chi connectivity index (χ0n) is 22.9. The molecule has 1 fully saturated rings. The molecule has 210 valence electrons. The van der Waals surface area contributed by atoms with Gasteiger partial charge < -0.3 is 19.9 Å². The van der Waals surface area contributed by atoms with Crippen LogP contribution in [0.1, 0.15) is 18.9 Å². The van der Waals surface area contributed by atoms with Crippen LogP contribution in [0.4, 0.5) is 15.9 Å². The van der Waals surface area contributed by atoms with Crippen LogP contribution in [-0.2, 0) is 11.5 Å². The molecule has 0 amide bonds. The Balaban J connectivity index is 1.33. The number of nitrogens with zero attached hydrogens (tertiary/aromatic N) is 8. The molecule has 0 saturated carbocycles. The Bertz CT molecular complexity index is 1540. The van der Waals surface area contributed by atoms with Gasteiger partial charge in [0.1, 0.15) is 18.7 Å². The predicted octanol–water partition coefficient (Wildman–Crippen LogP) is 5.36. The highest BCUT2D eigenvalue weighted by molar-refractivity contribution is 6.76. The van der Waals surface area contributed by atoms with Gasteiger partial charge >= 0.3 is 0 Å². The van der Waals surface area contributed by atoms with Gasteiger partial charge in [0.15, 0.2) is 16.8 Å². The van der Waals surface area contributed by atoms with Gasteiger partial charge in [-0.15, -0.1) is 0 Å². The Morgan fingerprint density at radius 3 is 2.92 bits per heavy atom. The molecule has 0 aliphatic carbocycles. The van der Waals surface area contributed by atoms with E-state index >= 15 is 0 Å². The van der Waals surface area contributed by atoms with Crippen LogP contribution in [0.25, 0.3) is 22.3 Å². The average molecular weight is 582 g/mol. The van der Waals surface area contributed by atoms with Crippen LogP contribution in [0.2, 0.25) is 30.8 Å². The molecule has 2 atom stereocenters. The highest BCUT2D eigenvalue weighted by Gasteiger charge is 2.33. The summed E-state index contributed by atoms with van der Waals surface area (Å²) in [7, 11) is -1.16. The third-order valence-corrected chi connectivity index (χ3v) is 9.31. The molecule has 2 N–H and O–H groups in total. The number of nitrogen functional groups attached to an aromatic ring is 1. The monoisotopic (exact) mass is 581 g/mol. The van der Waals surface area contributed by atoms with Gasteiger partial charge in [-0.3, -0.25) is 4.68 Å². The first-order valence-corrected chi connectivity index (χ1v) is 17.4. The Labute approximate surface area is 238 Å². The summed E-state index contributed by atoms with van der Waals surface area (Å²) in [5, 5.41) is 15.2. The van der Waals surface area contributed by atoms with Crippen molar-refractivity contribution in [1.82, 2.24) is 29.3 Å². The normalized spacial score (nSPS) is 16.5. The van der Waals surface area contributed by atoms with E-state index in [-0.39, 0.29) is 35.0 Å². The summed E-state index contributed by atoms with van der Waals surface area (Å²) in [4.78, 5) is 15.1. The number of nitrogens with two attached hydrogens (primary N) is 1. The molecule has 4 aromatic rings. The first-order valence-electron chi connectivity index (χ1n) is 13.3. The largest absolute Gasteiger partial charge is 0.396 e. The van der Waals surface area contributed by atoms with Gasteiger partial charge in [0.25, 0.3) is 0 Å². The molecular weight excluding hydrogens is 549 g/mol. The van der Waals surface area contributed by atoms with Crippen LogP contribution in [0.3, 0.4) is 0 Å². The van der Waals surface area contributed by atoms with Crippen LogP contribution in [0.5, 0.6) is 0 Å². The van der Waals surface area contributed by atoms with E-state index in [0.717, 1.165) is 41.4 Å². The summed E-state index contributed by atoms with van der Waals surface area (Å²) in [6.07, 6.45) is 8.22. The second kappa shape index (κ2) is 11.5. The molecular formula is C27H33ClFN9OSi. The second-order valence-corrected chi connectivity index (χ2v) is 17.4. The van der Waals surface area contributed by atoms with Crippen LogP contribution >= 0.6 is 11.6 Å². The molecule has 10 nitrogen and oxygen atoms in total. The number of halogens is 2. The fraction of sp³-hybridized carbons (Fsp3) is 0.444. The third-order valence-electron chi connectivity index (χ3n) is 7.30. The molecule has 4 aromatic heterocycles. The molecule has 1 aliphatic rings. The molecule has 1 saturated heterocycles. The van der Waals surface area contributed by atoms with Gasteiger partial charge in [-0.2, -0.15) is 10.4 Å². The lowest BCUT2D eigenvalue weighted by Gasteiger charge is -2.23. The van der Waals surface area contributed by atoms with E-state index in [1.54, 1.807) is 12.5 Å². The van der Waals surface area contributed by atoms with E-state index < -0.39 is 13.9 Å². The standard InChI is InChI=1S/C27H33ClFN9OSi/c1-40(2,3)11-10-39-17-37-9-6-20-24(32-16-33-26(20)37)19-13-34-38(15-19)23(4-7-30)18-5-8-36(14-18)27-21(29)12-22(31)25(28)35-27/h6,9,12-13,15-16,18,23H,4-5,8,10-11,14,17,31H2,1-3H3/t18-,23?/m0/s1. The van der Waals surface area contributed by atoms with Crippen molar-refractivity contribution < 1.29 is 9.13 Å². The first-order chi connectivity index (χ1) is 19.1. The SMILES string of the molecule is C[Si](C)(C)CCOCn1ccc2c(-c3cnn(C(CC#N)[C@H]4CCN(c5nc(Cl)c(N)cc5F)C4)c3)ncnc21. The minimum atomic E-state index is -1.16. The van der Waals surface area contributed by atoms with Crippen LogP contribution in [0.15, 0.2) is 37.1 Å². The minimum Gasteiger partial charge on any atom is -0.396 e. The average Bonchev–Trinajstić information content (AvgIpc) is 3.67. The van der Waals surface area contributed by atoms with Crippen molar-refractivity contribution in [2.24, 2.45) is 5.92 Å². The lowest BCUT2D eigenvalue weighted by atomic mass is 9.96. The smallest absolute Gasteiger partial charge is 0.167 e. The van der Waals surface area contributed by atoms with E-state index in [9.17, 15) is 9.65 Å². The van der Waals surface area contributed by atoms with E-state index in [4.69, 9.17) is 22.1 Å². The summed E-state index contributed by atoms with van der Waals surface area (Å²) in [5.74, 6) is -0.275. The Kier molecular flexibility index (Phi) is 8.07. The summed E-state index contributed by atoms with van der Waals surface area (Å²) < 4.78 is 24.3. The van der Waals surface area contributed by atoms with Gasteiger partial charge in [-0.25, -0.2) is 19.3 Å². The van der Waals surface area contributed by atoms with Gasteiger partial charge in [0.2, 0.25) is 0 Å². The fourth-order valence-electron chi connectivity index (χ4n) is 5.08. The van der Waals surface area contributed by atoms with Gasteiger partial charge in [0, 0.05) is 63.1 Å². The first kappa shape index (κ1) is 28.0. The van der Waals surface area contributed by atoms with Crippen molar-refractivity contribution in [2.75, 3.05) is 30.3 Å². The predicted molar refractivity (Wildman–Crippen MR) is 156 cm³/mol. The van der Waals surface area contributed by atoms with Crippen LogP contribution in [-0.4, -0.2) is 57.1 Å². The molecule has 0 bridgehead atoms. The summed E-state index contributed by atoms with van der Waals surface area (Å²) in [6.45, 7) is 9.26. The maximum atomic E-state index is 14.6. The minimum absolute atomic E-state index is 0.0599. The molecule has 5 heterocycles. The number of aromatic nitrogens is 6. The van der Waals surface area contributed by atoms with Crippen molar-refractivity contribution in [3.05, 3.63) is 48.0 Å². The highest BCUT2D eigenvalue weighted by Crippen LogP contribution is 2.35. The summed E-state index contributed by atoms with van der Waals surface area (Å²) in [5.41, 5.74) is 8.19. The Hall–Kier alpha value is -3.53. The van der Waals surface area contributed by atoms with Gasteiger partial charge in [-0.1, -0.05) is 31.2 Å². The molecule has 0 aromatic carbocycles. The molecule has 13 heteroatoms. The number of fused-ring (bicyclic) bond motifs is 1. The molecule has 40 heavy (non-hydrogen) atoms. The van der Waals surface area contributed by atoms with Gasteiger partial charge in [0.05, 0.1) is 36.1 Å². The molecule has 0 radical (unpaired) electrons. The van der Waals surface area contributed by atoms with Crippen molar-refractivity contribution in [2.45, 2.75) is 51.3 Å². The Morgan fingerprint density at radius 1 is 1.32 bits per heavy atom. The molecule has 0 spiro atoms. The fourth-order valence-corrected chi connectivity index (χ4v) is 5.97. The zero-order chi connectivity index (χ0) is 28.4. The van der Waals surface area contributed by atoms with E-state index in [1.807, 2.05) is 32.6 Å². The van der Waals surface area contributed by atoms with Gasteiger partial charge in [-0.05, 0) is 18.5 Å². The molecule has 1 unspecified atom stereocenters. The maximum absolute atomic E-state index is 14.6. The van der Waals surface area contributed by atoms with E-state index in [2.05, 4.69) is 45.8 Å². The van der Waals surface area contributed by atoms with Crippen molar-refractivity contribution >= 4 is 42.2 Å². The number of hydrogen-bond acceptors (Lipinski definition) is 8. The quantitative estimate of drug-likeness (QED) is 0.151. The Morgan fingerprint density at radius 2 is 2.15 bits per heavy atom. The highest BCUT2D eigenvalue weighted by atomic mass is 35.5. The van der Waals surface area contributed by atoms with E-state index in [0.29, 0.717) is 19.8 Å². The topological polar surface area (TPSA) is 124 Å². The number of pyridine rings is 1. The summed E-state index contributed by atoms with van der Waals surface area (Å²) in [6, 6.07) is 6.39. The lowest BCUT2D eigenvalue weighted by Crippen LogP contribution is -2.26. The molecule has 1 aliphatic heterocycles. The van der Waals surface area contributed by atoms with E-state index in [1.165, 1.54) is 6.07 Å². The number of anilines is 2. The third kappa shape index (κ3) is 5.96. The van der Waals surface area contributed by atoms with Crippen molar-refractivity contribution in [1.29, 1.82) is 5.26 Å². The second-order valence-electron chi connectivity index (χ2n) is 11.4. The lowest BCUT2D eigenvalue weighted by molar-refractivity contribution is 0.0899. The number of rotatable bonds is 10. The number of nitriles is 1. The number of hydrogen-bond donors (Lipinski definition) is 1. The summed E-state index contributed by atoms with van der Waals surface area (Å²) >= 11 is 6.06. The van der Waals surface area contributed by atoms with Crippen LogP contribution < -0.4 is 10.6 Å². The van der Waals surface area contributed by atoms with Crippen molar-refractivity contribution in [3.63, 3.8) is 0 Å². The molecule has 5 rings (SSSR count).